The van der Waals surface area contributed by atoms with Crippen molar-refractivity contribution in [1.29, 1.82) is 0 Å². The zero-order chi connectivity index (χ0) is 15.0. The number of carbonyl (C=O) groups is 1. The van der Waals surface area contributed by atoms with Crippen LogP contribution in [0.5, 0.6) is 0 Å². The maximum Gasteiger partial charge on any atom is 0.407 e. The fourth-order valence-electron chi connectivity index (χ4n) is 2.03. The molecule has 20 heavy (non-hydrogen) atoms. The average molecular weight is 305 g/mol. The second-order valence-electron chi connectivity index (χ2n) is 5.45. The number of alkyl carbamates (subject to hydrolysis) is 1. The molecule has 6 heteroatoms. The summed E-state index contributed by atoms with van der Waals surface area (Å²) in [7, 11) is 0. The van der Waals surface area contributed by atoms with Gasteiger partial charge in [0.15, 0.2) is 5.79 Å². The maximum atomic E-state index is 11.6. The molecule has 1 aliphatic heterocycles. The maximum absolute atomic E-state index is 11.6. The first-order chi connectivity index (χ1) is 9.48. The number of hydrogen-bond donors (Lipinski definition) is 1. The summed E-state index contributed by atoms with van der Waals surface area (Å²) < 4.78 is 16.5. The third-order valence-corrected chi connectivity index (χ3v) is 3.94. The highest BCUT2D eigenvalue weighted by Gasteiger charge is 2.37. The molecule has 1 amide bonds. The Balaban J connectivity index is 2.34. The highest BCUT2D eigenvalue weighted by molar-refractivity contribution is 7.98. The molecule has 0 aromatic rings. The number of thioether (sulfide) groups is 1. The smallest absolute Gasteiger partial charge is 0.407 e. The van der Waals surface area contributed by atoms with E-state index in [1.165, 1.54) is 0 Å². The van der Waals surface area contributed by atoms with E-state index >= 15 is 0 Å². The van der Waals surface area contributed by atoms with Gasteiger partial charge in [0.2, 0.25) is 0 Å². The Kier molecular flexibility index (Phi) is 7.69. The average Bonchev–Trinajstić information content (AvgIpc) is 2.75. The summed E-state index contributed by atoms with van der Waals surface area (Å²) in [5.74, 6) is 0.618. The number of nitrogens with one attached hydrogen (secondary N) is 1. The highest BCUT2D eigenvalue weighted by atomic mass is 32.2. The van der Waals surface area contributed by atoms with Crippen LogP contribution in [-0.2, 0) is 14.2 Å². The first kappa shape index (κ1) is 17.6. The fourth-order valence-corrected chi connectivity index (χ4v) is 2.79. The molecular weight excluding hydrogens is 278 g/mol. The number of ether oxygens (including phenoxy) is 3. The topological polar surface area (TPSA) is 56.8 Å². The standard InChI is InChI=1S/C14H27NO4S/c1-5-6-7-17-13(16)15-8-11(10-20-4)12-9-18-14(2,3)19-12/h11-12H,5-10H2,1-4H3,(H,15,16)/t11-,12+/m1/s1. The predicted octanol–water partition coefficient (Wildman–Crippen LogP) is 2.64. The summed E-state index contributed by atoms with van der Waals surface area (Å²) in [4.78, 5) is 11.6. The van der Waals surface area contributed by atoms with Gasteiger partial charge in [-0.2, -0.15) is 11.8 Å². The SMILES string of the molecule is CCCCOC(=O)NC[C@H](CSC)[C@@H]1COC(C)(C)O1. The summed E-state index contributed by atoms with van der Waals surface area (Å²) in [6.45, 7) is 7.49. The van der Waals surface area contributed by atoms with Crippen LogP contribution in [0.4, 0.5) is 4.79 Å². The Morgan fingerprint density at radius 2 is 2.30 bits per heavy atom. The molecule has 1 rings (SSSR count). The van der Waals surface area contributed by atoms with Gasteiger partial charge >= 0.3 is 6.09 Å². The Morgan fingerprint density at radius 1 is 1.55 bits per heavy atom. The van der Waals surface area contributed by atoms with E-state index in [-0.39, 0.29) is 18.1 Å². The van der Waals surface area contributed by atoms with E-state index in [0.29, 0.717) is 19.8 Å². The van der Waals surface area contributed by atoms with E-state index in [4.69, 9.17) is 14.2 Å². The molecule has 0 aliphatic carbocycles. The molecule has 0 unspecified atom stereocenters. The van der Waals surface area contributed by atoms with Gasteiger partial charge in [-0.3, -0.25) is 0 Å². The van der Waals surface area contributed by atoms with Crippen molar-refractivity contribution in [2.75, 3.05) is 31.8 Å². The van der Waals surface area contributed by atoms with Gasteiger partial charge in [-0.05, 0) is 26.5 Å². The Bertz CT molecular complexity index is 299. The number of carbonyl (C=O) groups excluding carboxylic acids is 1. The van der Waals surface area contributed by atoms with E-state index in [9.17, 15) is 4.79 Å². The lowest BCUT2D eigenvalue weighted by Gasteiger charge is -2.23. The molecular formula is C14H27NO4S. The Labute approximate surface area is 126 Å². The molecule has 5 nitrogen and oxygen atoms in total. The van der Waals surface area contributed by atoms with E-state index in [2.05, 4.69) is 12.2 Å². The molecule has 1 heterocycles. The molecule has 118 valence electrons. The molecule has 0 aromatic heterocycles. The van der Waals surface area contributed by atoms with E-state index in [1.54, 1.807) is 11.8 Å². The molecule has 1 aliphatic rings. The minimum absolute atomic E-state index is 0.0217. The molecule has 1 N–H and O–H groups in total. The van der Waals surface area contributed by atoms with Crippen LogP contribution in [0.25, 0.3) is 0 Å². The van der Waals surface area contributed by atoms with Gasteiger partial charge in [0, 0.05) is 18.2 Å². The van der Waals surface area contributed by atoms with E-state index in [1.807, 2.05) is 20.1 Å². The monoisotopic (exact) mass is 305 g/mol. The molecule has 1 saturated heterocycles. The lowest BCUT2D eigenvalue weighted by atomic mass is 10.1. The zero-order valence-electron chi connectivity index (χ0n) is 12.9. The summed E-state index contributed by atoms with van der Waals surface area (Å²) >= 11 is 1.74. The van der Waals surface area contributed by atoms with Crippen LogP contribution in [0.3, 0.4) is 0 Å². The van der Waals surface area contributed by atoms with Crippen LogP contribution >= 0.6 is 11.8 Å². The van der Waals surface area contributed by atoms with Gasteiger partial charge in [-0.15, -0.1) is 0 Å². The van der Waals surface area contributed by atoms with Crippen LogP contribution in [-0.4, -0.2) is 49.8 Å². The van der Waals surface area contributed by atoms with Crippen molar-refractivity contribution in [3.63, 3.8) is 0 Å². The summed E-state index contributed by atoms with van der Waals surface area (Å²) in [5, 5.41) is 2.82. The van der Waals surface area contributed by atoms with Crippen LogP contribution in [0.15, 0.2) is 0 Å². The molecule has 2 atom stereocenters. The van der Waals surface area contributed by atoms with E-state index < -0.39 is 5.79 Å². The normalized spacial score (nSPS) is 22.5. The Morgan fingerprint density at radius 3 is 2.85 bits per heavy atom. The fraction of sp³-hybridized carbons (Fsp3) is 0.929. The van der Waals surface area contributed by atoms with Gasteiger partial charge < -0.3 is 19.5 Å². The second kappa shape index (κ2) is 8.74. The van der Waals surface area contributed by atoms with Gasteiger partial charge in [-0.25, -0.2) is 4.79 Å². The quantitative estimate of drug-likeness (QED) is 0.699. The Hall–Kier alpha value is -0.460. The summed E-state index contributed by atoms with van der Waals surface area (Å²) in [5.41, 5.74) is 0. The van der Waals surface area contributed by atoms with Crippen molar-refractivity contribution >= 4 is 17.9 Å². The molecule has 0 saturated carbocycles. The van der Waals surface area contributed by atoms with Gasteiger partial charge in [0.05, 0.1) is 19.3 Å². The lowest BCUT2D eigenvalue weighted by molar-refractivity contribution is -0.143. The van der Waals surface area contributed by atoms with Gasteiger partial charge in [0.25, 0.3) is 0 Å². The van der Waals surface area contributed by atoms with E-state index in [0.717, 1.165) is 18.6 Å². The van der Waals surface area contributed by atoms with Crippen molar-refractivity contribution < 1.29 is 19.0 Å². The van der Waals surface area contributed by atoms with Crippen LogP contribution in [0, 0.1) is 5.92 Å². The van der Waals surface area contributed by atoms with Crippen molar-refractivity contribution in [3.05, 3.63) is 0 Å². The number of hydrogen-bond acceptors (Lipinski definition) is 5. The molecule has 0 bridgehead atoms. The minimum Gasteiger partial charge on any atom is -0.450 e. The molecule has 1 fully saturated rings. The molecule has 0 aromatic carbocycles. The van der Waals surface area contributed by atoms with Gasteiger partial charge in [0.1, 0.15) is 0 Å². The van der Waals surface area contributed by atoms with Crippen molar-refractivity contribution in [2.45, 2.75) is 45.5 Å². The van der Waals surface area contributed by atoms with Crippen LogP contribution in [0.2, 0.25) is 0 Å². The third kappa shape index (κ3) is 6.33. The predicted molar refractivity (Wildman–Crippen MR) is 81.0 cm³/mol. The van der Waals surface area contributed by atoms with Gasteiger partial charge in [-0.1, -0.05) is 13.3 Å². The van der Waals surface area contributed by atoms with Crippen molar-refractivity contribution in [3.8, 4) is 0 Å². The van der Waals surface area contributed by atoms with Crippen LogP contribution < -0.4 is 5.32 Å². The van der Waals surface area contributed by atoms with Crippen molar-refractivity contribution in [1.82, 2.24) is 5.32 Å². The zero-order valence-corrected chi connectivity index (χ0v) is 13.8. The minimum atomic E-state index is -0.525. The number of rotatable bonds is 8. The number of amides is 1. The first-order valence-corrected chi connectivity index (χ1v) is 8.59. The molecule has 0 spiro atoms. The highest BCUT2D eigenvalue weighted by Crippen LogP contribution is 2.27. The number of unbranched alkanes of at least 4 members (excludes halogenated alkanes) is 1. The summed E-state index contributed by atoms with van der Waals surface area (Å²) in [6, 6.07) is 0. The lowest BCUT2D eigenvalue weighted by Crippen LogP contribution is -2.38. The third-order valence-electron chi connectivity index (χ3n) is 3.18. The van der Waals surface area contributed by atoms with Crippen molar-refractivity contribution in [2.24, 2.45) is 5.92 Å². The van der Waals surface area contributed by atoms with Crippen LogP contribution in [0.1, 0.15) is 33.6 Å². The second-order valence-corrected chi connectivity index (χ2v) is 6.36. The largest absolute Gasteiger partial charge is 0.450 e. The first-order valence-electron chi connectivity index (χ1n) is 7.20. The molecule has 0 radical (unpaired) electrons. The summed E-state index contributed by atoms with van der Waals surface area (Å²) in [6.07, 6.45) is 3.64.